The van der Waals surface area contributed by atoms with E-state index < -0.39 is 162 Å². The first kappa shape index (κ1) is 49.3. The molecule has 63 heavy (non-hydrogen) atoms. The highest BCUT2D eigenvalue weighted by Gasteiger charge is 2.97. The van der Waals surface area contributed by atoms with E-state index >= 15 is 0 Å². The summed E-state index contributed by atoms with van der Waals surface area (Å²) in [6.45, 7) is 9.19. The first-order chi connectivity index (χ1) is 28.2. The summed E-state index contributed by atoms with van der Waals surface area (Å²) in [5, 5.41) is 108. The molecule has 1 saturated heterocycles. The van der Waals surface area contributed by atoms with Gasteiger partial charge in [0.25, 0.3) is 45.2 Å². The molecule has 2 aliphatic carbocycles. The highest BCUT2D eigenvalue weighted by atomic mass is 32.2. The van der Waals surface area contributed by atoms with Crippen LogP contribution in [0.3, 0.4) is 0 Å². The zero-order chi connectivity index (χ0) is 48.3. The molecule has 25 nitrogen and oxygen atoms in total. The predicted molar refractivity (Wildman–Crippen MR) is 200 cm³/mol. The number of rotatable bonds is 11. The molecule has 5 unspecified atom stereocenters. The molecule has 5 amide bonds. The summed E-state index contributed by atoms with van der Waals surface area (Å²) in [6, 6.07) is 0.454. The number of carbonyl (C=O) groups is 6. The Bertz CT molecular complexity index is 2220. The van der Waals surface area contributed by atoms with Gasteiger partial charge in [-0.25, -0.2) is 27.1 Å². The van der Waals surface area contributed by atoms with Crippen molar-refractivity contribution in [2.24, 2.45) is 11.3 Å². The van der Waals surface area contributed by atoms with Crippen LogP contribution < -0.4 is 15.4 Å². The Labute approximate surface area is 357 Å². The third-order valence-corrected chi connectivity index (χ3v) is 12.6. The first-order valence-corrected chi connectivity index (χ1v) is 20.5. The number of hydrogen-bond donors (Lipinski definition) is 13. The molecule has 4 aliphatic rings. The Morgan fingerprint density at radius 2 is 1.46 bits per heavy atom. The number of nitrogens with one attached hydrogen (secondary N) is 3. The van der Waals surface area contributed by atoms with Crippen molar-refractivity contribution >= 4 is 45.7 Å². The normalized spacial score (nSPS) is 27.0. The molecule has 2 heterocycles. The number of ketones is 1. The molecule has 0 spiro atoms. The minimum atomic E-state index is -5.92. The molecule has 13 N–H and O–H groups in total. The fourth-order valence-corrected chi connectivity index (χ4v) is 9.22. The van der Waals surface area contributed by atoms with Crippen LogP contribution in [0, 0.1) is 17.2 Å². The lowest BCUT2D eigenvalue weighted by molar-refractivity contribution is -0.362. The molecule has 0 radical (unpaired) electrons. The number of Topliss-reactive ketones (excluding diaryl/α,β-unsaturated/α-hetero) is 1. The minimum absolute atomic E-state index is 0.0966. The summed E-state index contributed by atoms with van der Waals surface area (Å²) in [5.41, 5.74) is -9.28. The summed E-state index contributed by atoms with van der Waals surface area (Å²) in [4.78, 5) is 77.1. The van der Waals surface area contributed by atoms with Crippen LogP contribution in [-0.2, 0) is 50.5 Å². The second-order valence-electron chi connectivity index (χ2n) is 18.4. The summed E-state index contributed by atoms with van der Waals surface area (Å²) in [7, 11) is -5.92. The number of sulfonamides is 1. The molecule has 5 atom stereocenters. The number of alkyl carbamates (subject to hydrolysis) is 1. The average molecular weight is 924 g/mol. The van der Waals surface area contributed by atoms with Gasteiger partial charge in [-0.15, -0.1) is 0 Å². The van der Waals surface area contributed by atoms with Crippen molar-refractivity contribution in [3.8, 4) is 0 Å². The largest absolute Gasteiger partial charge is 0.444 e. The summed E-state index contributed by atoms with van der Waals surface area (Å²) in [6.07, 6.45) is -7.19. The molecule has 2 saturated carbocycles. The van der Waals surface area contributed by atoms with E-state index in [1.807, 2.05) is 5.32 Å². The van der Waals surface area contributed by atoms with E-state index in [9.17, 15) is 92.6 Å². The summed E-state index contributed by atoms with van der Waals surface area (Å²) >= 11 is 0. The summed E-state index contributed by atoms with van der Waals surface area (Å²) < 4.78 is 52.5. The van der Waals surface area contributed by atoms with Gasteiger partial charge in [-0.05, 0) is 45.6 Å². The first-order valence-electron chi connectivity index (χ1n) is 19.0. The maximum absolute atomic E-state index is 14.7. The molecule has 0 bridgehead atoms. The number of benzene rings is 1. The van der Waals surface area contributed by atoms with Gasteiger partial charge in [0.05, 0.1) is 12.1 Å². The second-order valence-corrected chi connectivity index (χ2v) is 20.2. The monoisotopic (exact) mass is 923 g/mol. The molecular formula is C36H50FN5O20S. The van der Waals surface area contributed by atoms with E-state index in [1.165, 1.54) is 25.5 Å². The molecular weight excluding hydrogens is 873 g/mol. The third kappa shape index (κ3) is 8.31. The number of likely N-dealkylation sites (tertiary alicyclic amines) is 1. The SMILES string of the molecule is CC(C)(C)CC(=O)CC1CC1(NC(=O)C1CC(OC(=O)N2C(O)(O)c3cccc(F)c3C2(O)O)CN1C(=O)C(C)(O)NC(=O)OC(C)(C)C)C(=O)NS(=O)(=O)C1(O)C(O)(O)C1(O)O. The van der Waals surface area contributed by atoms with E-state index in [2.05, 4.69) is 5.32 Å². The number of fused-ring (bicyclic) bond motifs is 1. The number of carbonyl (C=O) groups excluding carboxylic acids is 6. The molecule has 5 rings (SSSR count). The van der Waals surface area contributed by atoms with E-state index in [4.69, 9.17) is 9.47 Å². The third-order valence-electron chi connectivity index (χ3n) is 10.8. The Hall–Kier alpha value is -4.68. The van der Waals surface area contributed by atoms with Gasteiger partial charge in [0, 0.05) is 30.7 Å². The van der Waals surface area contributed by atoms with Gasteiger partial charge in [0.1, 0.15) is 34.9 Å². The highest BCUT2D eigenvalue weighted by Crippen LogP contribution is 2.58. The smallest absolute Gasteiger partial charge is 0.419 e. The topological polar surface area (TPSA) is 400 Å². The Morgan fingerprint density at radius 1 is 0.889 bits per heavy atom. The average Bonchev–Trinajstić information content (AvgIpc) is 3.67. The van der Waals surface area contributed by atoms with Crippen LogP contribution in [0.15, 0.2) is 18.2 Å². The number of hydrogen-bond acceptors (Lipinski definition) is 20. The zero-order valence-electron chi connectivity index (χ0n) is 34.7. The van der Waals surface area contributed by atoms with Crippen molar-refractivity contribution in [3.63, 3.8) is 0 Å². The Kier molecular flexibility index (Phi) is 11.7. The van der Waals surface area contributed by atoms with Crippen molar-refractivity contribution in [2.45, 2.75) is 131 Å². The van der Waals surface area contributed by atoms with Gasteiger partial charge in [0.2, 0.25) is 11.6 Å². The van der Waals surface area contributed by atoms with Crippen LogP contribution in [0.5, 0.6) is 0 Å². The van der Waals surface area contributed by atoms with Gasteiger partial charge in [-0.3, -0.25) is 24.5 Å². The fraction of sp³-hybridized carbons (Fsp3) is 0.667. The Balaban J connectivity index is 1.48. The van der Waals surface area contributed by atoms with Crippen molar-refractivity contribution in [2.75, 3.05) is 6.54 Å². The van der Waals surface area contributed by atoms with Crippen LogP contribution in [0.1, 0.15) is 85.3 Å². The number of halogens is 1. The van der Waals surface area contributed by atoms with Crippen molar-refractivity contribution in [3.05, 3.63) is 35.1 Å². The van der Waals surface area contributed by atoms with E-state index in [0.29, 0.717) is 11.0 Å². The van der Waals surface area contributed by atoms with Crippen LogP contribution in [0.25, 0.3) is 0 Å². The lowest BCUT2D eigenvalue weighted by atomic mass is 9.88. The van der Waals surface area contributed by atoms with Gasteiger partial charge >= 0.3 is 17.1 Å². The molecule has 2 aliphatic heterocycles. The molecule has 1 aromatic carbocycles. The fourth-order valence-electron chi connectivity index (χ4n) is 7.66. The zero-order valence-corrected chi connectivity index (χ0v) is 35.6. The number of amides is 5. The molecule has 1 aromatic rings. The van der Waals surface area contributed by atoms with Crippen LogP contribution in [0.2, 0.25) is 0 Å². The lowest BCUT2D eigenvalue weighted by Gasteiger charge is -2.34. The Morgan fingerprint density at radius 3 is 1.97 bits per heavy atom. The van der Waals surface area contributed by atoms with Crippen molar-refractivity contribution in [1.29, 1.82) is 0 Å². The number of ether oxygens (including phenoxy) is 2. The second kappa shape index (κ2) is 14.9. The maximum Gasteiger partial charge on any atom is 0.419 e. The van der Waals surface area contributed by atoms with Crippen LogP contribution >= 0.6 is 0 Å². The highest BCUT2D eigenvalue weighted by molar-refractivity contribution is 7.91. The summed E-state index contributed by atoms with van der Waals surface area (Å²) in [5.74, 6) is -23.6. The lowest BCUT2D eigenvalue weighted by Crippen LogP contribution is -2.62. The van der Waals surface area contributed by atoms with Gasteiger partial charge < -0.3 is 70.8 Å². The molecule has 3 fully saturated rings. The predicted octanol–water partition coefficient (Wildman–Crippen LogP) is -4.55. The quantitative estimate of drug-likeness (QED) is 0.0930. The van der Waals surface area contributed by atoms with E-state index in [-0.39, 0.29) is 6.42 Å². The van der Waals surface area contributed by atoms with Gasteiger partial charge in [-0.2, -0.15) is 4.90 Å². The van der Waals surface area contributed by atoms with Crippen LogP contribution in [0.4, 0.5) is 14.0 Å². The van der Waals surface area contributed by atoms with Gasteiger partial charge in [0.15, 0.2) is 0 Å². The molecule has 27 heteroatoms. The number of aliphatic hydroxyl groups is 10. The molecule has 0 aromatic heterocycles. The van der Waals surface area contributed by atoms with E-state index in [0.717, 1.165) is 19.1 Å². The van der Waals surface area contributed by atoms with Crippen LogP contribution in [-0.4, -0.2) is 157 Å². The minimum Gasteiger partial charge on any atom is -0.444 e. The standard InChI is InChI=1S/C36H50FN5O20S/c1-28(2,3)14-17(43)11-16-13-31(16,24(45)40-63(59,60)36(58)34(54,55)35(36,56)57)38-23(44)21-12-18(15-41(21)25(46)30(7,49)39-26(47)62-29(4,5)6)61-27(48)42-32(50,51)19-9-8-10-20(37)22(19)33(42,52)53/h8-10,16,18,21,49-58H,11-15H2,1-7H3,(H,38,44)(H,39,47)(H,40,45). The van der Waals surface area contributed by atoms with E-state index in [1.54, 1.807) is 20.8 Å². The van der Waals surface area contributed by atoms with Gasteiger partial charge in [-0.1, -0.05) is 32.9 Å². The van der Waals surface area contributed by atoms with Crippen molar-refractivity contribution in [1.82, 2.24) is 25.2 Å². The van der Waals surface area contributed by atoms with Crippen molar-refractivity contribution < 1.29 is 102 Å². The molecule has 352 valence electrons. The maximum atomic E-state index is 14.7. The number of nitrogens with zero attached hydrogens (tertiary/aromatic N) is 2.